The molecule has 1 aliphatic rings. The first kappa shape index (κ1) is 22.5. The average Bonchev–Trinajstić information content (AvgIpc) is 3.19. The third-order valence-electron chi connectivity index (χ3n) is 3.97. The Kier molecular flexibility index (Phi) is 8.10. The minimum atomic E-state index is -4.51. The van der Waals surface area contributed by atoms with Gasteiger partial charge in [0.15, 0.2) is 11.1 Å². The number of alkyl halides is 3. The van der Waals surface area contributed by atoms with Crippen molar-refractivity contribution in [1.29, 1.82) is 0 Å². The van der Waals surface area contributed by atoms with Crippen molar-refractivity contribution >= 4 is 46.4 Å². The fourth-order valence-electron chi connectivity index (χ4n) is 2.62. The number of pyridine rings is 1. The van der Waals surface area contributed by atoms with Gasteiger partial charge in [-0.1, -0.05) is 0 Å². The van der Waals surface area contributed by atoms with Crippen LogP contribution in [0.1, 0.15) is 5.56 Å². The Labute approximate surface area is 181 Å². The molecule has 1 aliphatic heterocycles. The molecular weight excluding hydrogens is 508 g/mol. The molecule has 2 N–H and O–H groups in total. The molecule has 2 aromatic heterocycles. The van der Waals surface area contributed by atoms with Gasteiger partial charge in [-0.25, -0.2) is 15.0 Å². The SMILES string of the molecule is I.NC(=NCCOc1ncccc1C(F)(F)F)N1CCN(c2nccs2)CC1. The van der Waals surface area contributed by atoms with Crippen LogP contribution >= 0.6 is 35.3 Å². The van der Waals surface area contributed by atoms with Gasteiger partial charge < -0.3 is 20.3 Å². The number of hydrogen-bond donors (Lipinski definition) is 1. The fourth-order valence-corrected chi connectivity index (χ4v) is 3.32. The van der Waals surface area contributed by atoms with Crippen molar-refractivity contribution in [2.75, 3.05) is 44.2 Å². The second-order valence-corrected chi connectivity index (χ2v) is 6.60. The topological polar surface area (TPSA) is 79.9 Å². The molecule has 0 aromatic carbocycles. The van der Waals surface area contributed by atoms with E-state index >= 15 is 0 Å². The smallest absolute Gasteiger partial charge is 0.421 e. The Bertz CT molecular complexity index is 766. The van der Waals surface area contributed by atoms with Gasteiger partial charge in [0.25, 0.3) is 0 Å². The largest absolute Gasteiger partial charge is 0.475 e. The fraction of sp³-hybridized carbons (Fsp3) is 0.438. The maximum Gasteiger partial charge on any atom is 0.421 e. The summed E-state index contributed by atoms with van der Waals surface area (Å²) < 4.78 is 43.8. The first-order valence-electron chi connectivity index (χ1n) is 8.29. The van der Waals surface area contributed by atoms with Crippen molar-refractivity contribution < 1.29 is 17.9 Å². The minimum absolute atomic E-state index is 0. The number of piperazine rings is 1. The molecule has 28 heavy (non-hydrogen) atoms. The highest BCUT2D eigenvalue weighted by Gasteiger charge is 2.35. The second-order valence-electron chi connectivity index (χ2n) is 5.73. The zero-order valence-electron chi connectivity index (χ0n) is 14.8. The molecular formula is C16H20F3IN6OS. The number of guanidine groups is 1. The molecule has 154 valence electrons. The molecule has 3 heterocycles. The number of nitrogens with zero attached hydrogens (tertiary/aromatic N) is 5. The highest BCUT2D eigenvalue weighted by atomic mass is 127. The van der Waals surface area contributed by atoms with Gasteiger partial charge in [-0.2, -0.15) is 13.2 Å². The van der Waals surface area contributed by atoms with Crippen LogP contribution in [0.3, 0.4) is 0 Å². The van der Waals surface area contributed by atoms with E-state index in [-0.39, 0.29) is 37.1 Å². The molecule has 0 radical (unpaired) electrons. The quantitative estimate of drug-likeness (QED) is 0.279. The lowest BCUT2D eigenvalue weighted by molar-refractivity contribution is -0.139. The minimum Gasteiger partial charge on any atom is -0.475 e. The van der Waals surface area contributed by atoms with Crippen LogP contribution < -0.4 is 15.4 Å². The summed E-state index contributed by atoms with van der Waals surface area (Å²) in [5, 5.41) is 2.91. The van der Waals surface area contributed by atoms with Crippen LogP contribution in [0.15, 0.2) is 34.9 Å². The molecule has 12 heteroatoms. The molecule has 1 saturated heterocycles. The predicted molar refractivity (Wildman–Crippen MR) is 113 cm³/mol. The highest BCUT2D eigenvalue weighted by molar-refractivity contribution is 14.0. The predicted octanol–water partition coefficient (Wildman–Crippen LogP) is 2.69. The Morgan fingerprint density at radius 3 is 2.61 bits per heavy atom. The first-order valence-corrected chi connectivity index (χ1v) is 9.17. The van der Waals surface area contributed by atoms with E-state index in [4.69, 9.17) is 10.5 Å². The normalized spacial score (nSPS) is 15.3. The van der Waals surface area contributed by atoms with E-state index in [9.17, 15) is 13.2 Å². The summed E-state index contributed by atoms with van der Waals surface area (Å²) in [6.07, 6.45) is -1.49. The molecule has 0 aliphatic carbocycles. The highest BCUT2D eigenvalue weighted by Crippen LogP contribution is 2.34. The van der Waals surface area contributed by atoms with Gasteiger partial charge in [0.2, 0.25) is 5.88 Å². The molecule has 1 fully saturated rings. The number of aromatic nitrogens is 2. The number of rotatable bonds is 5. The van der Waals surface area contributed by atoms with E-state index in [0.717, 1.165) is 24.3 Å². The van der Waals surface area contributed by atoms with Crippen LogP contribution in [0.5, 0.6) is 5.88 Å². The van der Waals surface area contributed by atoms with Crippen LogP contribution in [0.2, 0.25) is 0 Å². The zero-order chi connectivity index (χ0) is 19.3. The van der Waals surface area contributed by atoms with Gasteiger partial charge in [-0.05, 0) is 12.1 Å². The van der Waals surface area contributed by atoms with E-state index in [0.29, 0.717) is 19.0 Å². The maximum atomic E-state index is 12.9. The van der Waals surface area contributed by atoms with Crippen LogP contribution in [0.25, 0.3) is 0 Å². The number of halogens is 4. The van der Waals surface area contributed by atoms with Crippen molar-refractivity contribution in [3.8, 4) is 5.88 Å². The van der Waals surface area contributed by atoms with Gasteiger partial charge in [0, 0.05) is 44.0 Å². The van der Waals surface area contributed by atoms with E-state index in [1.807, 2.05) is 10.3 Å². The molecule has 0 spiro atoms. The van der Waals surface area contributed by atoms with Gasteiger partial charge in [0.05, 0.1) is 6.54 Å². The molecule has 0 saturated carbocycles. The van der Waals surface area contributed by atoms with Crippen LogP contribution in [-0.4, -0.2) is 60.2 Å². The second kappa shape index (κ2) is 10.1. The number of ether oxygens (including phenoxy) is 1. The Balaban J connectivity index is 0.00000280. The van der Waals surface area contributed by atoms with Crippen molar-refractivity contribution in [2.24, 2.45) is 10.7 Å². The molecule has 0 amide bonds. The third-order valence-corrected chi connectivity index (χ3v) is 4.81. The third kappa shape index (κ3) is 5.83. The summed E-state index contributed by atoms with van der Waals surface area (Å²) in [6, 6.07) is 2.15. The van der Waals surface area contributed by atoms with Crippen LogP contribution in [-0.2, 0) is 6.18 Å². The summed E-state index contributed by atoms with van der Waals surface area (Å²) in [5.74, 6) is -0.0923. The maximum absolute atomic E-state index is 12.9. The first-order chi connectivity index (χ1) is 12.9. The van der Waals surface area contributed by atoms with Crippen molar-refractivity contribution in [3.63, 3.8) is 0 Å². The molecule has 0 unspecified atom stereocenters. The summed E-state index contributed by atoms with van der Waals surface area (Å²) in [6.45, 7) is 3.07. The van der Waals surface area contributed by atoms with Crippen LogP contribution in [0, 0.1) is 0 Å². The number of nitrogens with two attached hydrogens (primary N) is 1. The summed E-state index contributed by atoms with van der Waals surface area (Å²) in [7, 11) is 0. The Hall–Kier alpha value is -1.83. The van der Waals surface area contributed by atoms with E-state index < -0.39 is 17.6 Å². The standard InChI is InChI=1S/C16H19F3N6OS.HI/c17-16(18,19)12-2-1-3-21-13(12)26-10-4-22-14(20)24-6-8-25(9-7-24)15-23-5-11-27-15;/h1-3,5,11H,4,6-10H2,(H2,20,22);1H. The number of aliphatic imine (C=N–C) groups is 1. The Morgan fingerprint density at radius 2 is 1.96 bits per heavy atom. The van der Waals surface area contributed by atoms with E-state index in [1.165, 1.54) is 12.3 Å². The lowest BCUT2D eigenvalue weighted by atomic mass is 10.2. The number of thiazole rings is 1. The van der Waals surface area contributed by atoms with Crippen molar-refractivity contribution in [3.05, 3.63) is 35.5 Å². The van der Waals surface area contributed by atoms with E-state index in [1.54, 1.807) is 17.5 Å². The zero-order valence-corrected chi connectivity index (χ0v) is 17.9. The molecule has 0 atom stereocenters. The average molecular weight is 528 g/mol. The lowest BCUT2D eigenvalue weighted by Crippen LogP contribution is -2.51. The van der Waals surface area contributed by atoms with Crippen molar-refractivity contribution in [2.45, 2.75) is 6.18 Å². The molecule has 0 bridgehead atoms. The number of hydrogen-bond acceptors (Lipinski definition) is 6. The number of anilines is 1. The van der Waals surface area contributed by atoms with Crippen molar-refractivity contribution in [1.82, 2.24) is 14.9 Å². The summed E-state index contributed by atoms with van der Waals surface area (Å²) >= 11 is 1.59. The van der Waals surface area contributed by atoms with E-state index in [2.05, 4.69) is 19.9 Å². The molecule has 7 nitrogen and oxygen atoms in total. The van der Waals surface area contributed by atoms with Gasteiger partial charge in [-0.3, -0.25) is 0 Å². The Morgan fingerprint density at radius 1 is 1.21 bits per heavy atom. The monoisotopic (exact) mass is 528 g/mol. The molecule has 3 rings (SSSR count). The van der Waals surface area contributed by atoms with Gasteiger partial charge >= 0.3 is 6.18 Å². The molecule has 2 aromatic rings. The van der Waals surface area contributed by atoms with Gasteiger partial charge in [-0.15, -0.1) is 35.3 Å². The van der Waals surface area contributed by atoms with Crippen LogP contribution in [0.4, 0.5) is 18.3 Å². The van der Waals surface area contributed by atoms with Gasteiger partial charge in [0.1, 0.15) is 12.2 Å². The summed E-state index contributed by atoms with van der Waals surface area (Å²) in [5.41, 5.74) is 5.08. The lowest BCUT2D eigenvalue weighted by Gasteiger charge is -2.35. The summed E-state index contributed by atoms with van der Waals surface area (Å²) in [4.78, 5) is 16.2.